The molecule has 74 valence electrons. The van der Waals surface area contributed by atoms with Crippen LogP contribution in [-0.2, 0) is 6.54 Å². The molecule has 0 unspecified atom stereocenters. The van der Waals surface area contributed by atoms with Gasteiger partial charge in [-0.05, 0) is 25.0 Å². The molecule has 2 heteroatoms. The van der Waals surface area contributed by atoms with Gasteiger partial charge in [0.05, 0.1) is 0 Å². The van der Waals surface area contributed by atoms with Crippen LogP contribution in [-0.4, -0.2) is 9.67 Å². The molecule has 0 amide bonds. The van der Waals surface area contributed by atoms with Gasteiger partial charge in [0, 0.05) is 23.5 Å². The number of nitrogens with zero attached hydrogens (tertiary/aromatic N) is 1. The minimum absolute atomic E-state index is 0.394. The summed E-state index contributed by atoms with van der Waals surface area (Å²) in [6.07, 6.45) is 3.07. The highest BCUT2D eigenvalue weighted by molar-refractivity contribution is 5.90. The second-order valence-corrected chi connectivity index (χ2v) is 3.68. The molecule has 0 atom stereocenters. The molecule has 2 nitrogen and oxygen atoms in total. The first-order chi connectivity index (χ1) is 6.74. The van der Waals surface area contributed by atoms with E-state index in [4.69, 9.17) is 0 Å². The Hall–Kier alpha value is -1.44. The maximum Gasteiger partial charge on any atom is 0.199 e. The van der Waals surface area contributed by atoms with Gasteiger partial charge < -0.3 is 9.67 Å². The van der Waals surface area contributed by atoms with Crippen LogP contribution in [0.15, 0.2) is 24.4 Å². The van der Waals surface area contributed by atoms with Gasteiger partial charge in [0.25, 0.3) is 0 Å². The molecule has 0 saturated heterocycles. The van der Waals surface area contributed by atoms with Crippen molar-refractivity contribution in [3.05, 3.63) is 30.0 Å². The number of hydrogen-bond donors (Lipinski definition) is 1. The van der Waals surface area contributed by atoms with Gasteiger partial charge in [-0.3, -0.25) is 0 Å². The van der Waals surface area contributed by atoms with E-state index in [0.717, 1.165) is 23.7 Å². The van der Waals surface area contributed by atoms with Crippen LogP contribution in [0.2, 0.25) is 0 Å². The molecule has 14 heavy (non-hydrogen) atoms. The van der Waals surface area contributed by atoms with Crippen molar-refractivity contribution in [2.75, 3.05) is 0 Å². The maximum absolute atomic E-state index is 9.91. The molecule has 2 rings (SSSR count). The topological polar surface area (TPSA) is 25.2 Å². The third-order valence-corrected chi connectivity index (χ3v) is 2.59. The highest BCUT2D eigenvalue weighted by Crippen LogP contribution is 2.29. The Bertz CT molecular complexity index is 457. The molecule has 0 aliphatic rings. The van der Waals surface area contributed by atoms with Crippen molar-refractivity contribution < 1.29 is 5.11 Å². The van der Waals surface area contributed by atoms with E-state index in [0.29, 0.717) is 5.88 Å². The average Bonchev–Trinajstić information content (AvgIpc) is 2.48. The molecule has 0 fully saturated rings. The minimum atomic E-state index is 0.394. The molecular formula is C12H15NO. The zero-order chi connectivity index (χ0) is 10.1. The van der Waals surface area contributed by atoms with Gasteiger partial charge in [0.1, 0.15) is 0 Å². The van der Waals surface area contributed by atoms with Crippen molar-refractivity contribution in [3.63, 3.8) is 0 Å². The molecule has 0 saturated carbocycles. The van der Waals surface area contributed by atoms with Crippen LogP contribution in [0.4, 0.5) is 0 Å². The first kappa shape index (κ1) is 9.13. The second-order valence-electron chi connectivity index (χ2n) is 3.68. The summed E-state index contributed by atoms with van der Waals surface area (Å²) in [5, 5.41) is 12.0. The SMILES string of the molecule is CCCn1cc2c(C)cccc2c1O. The molecule has 0 spiro atoms. The quantitative estimate of drug-likeness (QED) is 0.771. The predicted molar refractivity (Wildman–Crippen MR) is 58.6 cm³/mol. The third-order valence-electron chi connectivity index (χ3n) is 2.59. The van der Waals surface area contributed by atoms with Crippen molar-refractivity contribution in [3.8, 4) is 5.88 Å². The average molecular weight is 189 g/mol. The smallest absolute Gasteiger partial charge is 0.199 e. The van der Waals surface area contributed by atoms with Gasteiger partial charge in [-0.1, -0.05) is 19.1 Å². The van der Waals surface area contributed by atoms with Crippen molar-refractivity contribution >= 4 is 10.8 Å². The Morgan fingerprint density at radius 3 is 2.71 bits per heavy atom. The largest absolute Gasteiger partial charge is 0.494 e. The first-order valence-corrected chi connectivity index (χ1v) is 5.01. The summed E-state index contributed by atoms with van der Waals surface area (Å²) in [4.78, 5) is 0. The summed E-state index contributed by atoms with van der Waals surface area (Å²) in [6, 6.07) is 6.01. The minimum Gasteiger partial charge on any atom is -0.494 e. The molecule has 0 bridgehead atoms. The number of aryl methyl sites for hydroxylation is 2. The molecule has 2 aromatic rings. The van der Waals surface area contributed by atoms with Crippen LogP contribution in [0.3, 0.4) is 0 Å². The summed E-state index contributed by atoms with van der Waals surface area (Å²) in [5.41, 5.74) is 1.22. The fourth-order valence-corrected chi connectivity index (χ4v) is 1.83. The third kappa shape index (κ3) is 1.27. The molecule has 0 aliphatic carbocycles. The van der Waals surface area contributed by atoms with Gasteiger partial charge in [-0.2, -0.15) is 0 Å². The fourth-order valence-electron chi connectivity index (χ4n) is 1.83. The highest BCUT2D eigenvalue weighted by atomic mass is 16.3. The van der Waals surface area contributed by atoms with Crippen LogP contribution < -0.4 is 0 Å². The number of hydrogen-bond acceptors (Lipinski definition) is 1. The van der Waals surface area contributed by atoms with Crippen LogP contribution in [0.1, 0.15) is 18.9 Å². The summed E-state index contributed by atoms with van der Waals surface area (Å²) in [6.45, 7) is 5.05. The molecule has 1 N–H and O–H groups in total. The van der Waals surface area contributed by atoms with Crippen molar-refractivity contribution in [1.29, 1.82) is 0 Å². The van der Waals surface area contributed by atoms with E-state index in [1.54, 1.807) is 0 Å². The van der Waals surface area contributed by atoms with E-state index in [2.05, 4.69) is 19.9 Å². The number of aromatic hydroxyl groups is 1. The van der Waals surface area contributed by atoms with Gasteiger partial charge in [-0.15, -0.1) is 0 Å². The standard InChI is InChI=1S/C12H15NO/c1-3-7-13-8-11-9(2)5-4-6-10(11)12(13)14/h4-6,8,14H,3,7H2,1-2H3. The van der Waals surface area contributed by atoms with E-state index in [9.17, 15) is 5.11 Å². The zero-order valence-corrected chi connectivity index (χ0v) is 8.62. The Morgan fingerprint density at radius 2 is 2.07 bits per heavy atom. The predicted octanol–water partition coefficient (Wildman–Crippen LogP) is 3.07. The molecular weight excluding hydrogens is 174 g/mol. The van der Waals surface area contributed by atoms with E-state index < -0.39 is 0 Å². The van der Waals surface area contributed by atoms with Crippen molar-refractivity contribution in [2.45, 2.75) is 26.8 Å². The summed E-state index contributed by atoms with van der Waals surface area (Å²) in [5.74, 6) is 0.394. The maximum atomic E-state index is 9.91. The summed E-state index contributed by atoms with van der Waals surface area (Å²) < 4.78 is 1.91. The number of rotatable bonds is 2. The van der Waals surface area contributed by atoms with Crippen LogP contribution in [0.25, 0.3) is 10.8 Å². The van der Waals surface area contributed by atoms with Crippen LogP contribution >= 0.6 is 0 Å². The molecule has 1 heterocycles. The Balaban J connectivity index is 2.67. The summed E-state index contributed by atoms with van der Waals surface area (Å²) in [7, 11) is 0. The van der Waals surface area contributed by atoms with Crippen LogP contribution in [0.5, 0.6) is 5.88 Å². The van der Waals surface area contributed by atoms with Crippen molar-refractivity contribution in [2.24, 2.45) is 0 Å². The van der Waals surface area contributed by atoms with E-state index in [1.165, 1.54) is 5.56 Å². The van der Waals surface area contributed by atoms with Crippen LogP contribution in [0, 0.1) is 6.92 Å². The number of benzene rings is 1. The van der Waals surface area contributed by atoms with Gasteiger partial charge in [0.2, 0.25) is 0 Å². The Morgan fingerprint density at radius 1 is 1.29 bits per heavy atom. The fraction of sp³-hybridized carbons (Fsp3) is 0.333. The molecule has 1 aromatic carbocycles. The first-order valence-electron chi connectivity index (χ1n) is 5.01. The lowest BCUT2D eigenvalue weighted by molar-refractivity contribution is 0.421. The monoisotopic (exact) mass is 189 g/mol. The number of aromatic nitrogens is 1. The van der Waals surface area contributed by atoms with E-state index >= 15 is 0 Å². The Kier molecular flexibility index (Phi) is 2.20. The Labute approximate surface area is 83.8 Å². The summed E-state index contributed by atoms with van der Waals surface area (Å²) >= 11 is 0. The zero-order valence-electron chi connectivity index (χ0n) is 8.62. The second kappa shape index (κ2) is 3.37. The molecule has 0 radical (unpaired) electrons. The number of fused-ring (bicyclic) bond motifs is 1. The van der Waals surface area contributed by atoms with Gasteiger partial charge in [-0.25, -0.2) is 0 Å². The van der Waals surface area contributed by atoms with E-state index in [-0.39, 0.29) is 0 Å². The molecule has 0 aliphatic heterocycles. The lowest BCUT2D eigenvalue weighted by atomic mass is 10.1. The van der Waals surface area contributed by atoms with Crippen molar-refractivity contribution in [1.82, 2.24) is 4.57 Å². The lowest BCUT2D eigenvalue weighted by Gasteiger charge is -2.00. The lowest BCUT2D eigenvalue weighted by Crippen LogP contribution is -1.92. The highest BCUT2D eigenvalue weighted by Gasteiger charge is 2.07. The van der Waals surface area contributed by atoms with E-state index in [1.807, 2.05) is 22.9 Å². The van der Waals surface area contributed by atoms with Gasteiger partial charge >= 0.3 is 0 Å². The molecule has 1 aromatic heterocycles. The normalized spacial score (nSPS) is 11.0. The van der Waals surface area contributed by atoms with Gasteiger partial charge in [0.15, 0.2) is 5.88 Å².